The van der Waals surface area contributed by atoms with Crippen LogP contribution in [0.3, 0.4) is 0 Å². The second-order valence-corrected chi connectivity index (χ2v) is 9.94. The van der Waals surface area contributed by atoms with Crippen LogP contribution in [0.5, 0.6) is 0 Å². The summed E-state index contributed by atoms with van der Waals surface area (Å²) < 4.78 is 33.3. The number of nitrogens with one attached hydrogen (secondary N) is 1. The smallest absolute Gasteiger partial charge is 0.233 e. The van der Waals surface area contributed by atoms with Crippen molar-refractivity contribution in [1.29, 1.82) is 0 Å². The van der Waals surface area contributed by atoms with Gasteiger partial charge in [-0.3, -0.25) is 0 Å². The van der Waals surface area contributed by atoms with Gasteiger partial charge >= 0.3 is 0 Å². The van der Waals surface area contributed by atoms with Crippen LogP contribution in [0.15, 0.2) is 97.7 Å². The van der Waals surface area contributed by atoms with Gasteiger partial charge in [-0.15, -0.1) is 0 Å². The zero-order valence-corrected chi connectivity index (χ0v) is 19.4. The molecule has 0 aliphatic rings. The van der Waals surface area contributed by atoms with Crippen molar-refractivity contribution < 1.29 is 12.8 Å². The highest BCUT2D eigenvalue weighted by Crippen LogP contribution is 2.35. The van der Waals surface area contributed by atoms with Gasteiger partial charge in [-0.25, -0.2) is 8.42 Å². The fourth-order valence-electron chi connectivity index (χ4n) is 3.04. The molecule has 5 nitrogen and oxygen atoms in total. The molecule has 0 unspecified atom stereocenters. The quantitative estimate of drug-likeness (QED) is 0.314. The van der Waals surface area contributed by atoms with Crippen molar-refractivity contribution in [2.45, 2.75) is 16.3 Å². The third-order valence-electron chi connectivity index (χ3n) is 4.62. The molecule has 0 aliphatic heterocycles. The summed E-state index contributed by atoms with van der Waals surface area (Å²) >= 11 is 9.60. The summed E-state index contributed by atoms with van der Waals surface area (Å²) in [6, 6.07) is 23.3. The van der Waals surface area contributed by atoms with E-state index in [2.05, 4.69) is 26.2 Å². The summed E-state index contributed by atoms with van der Waals surface area (Å²) in [6.45, 7) is 0.476. The van der Waals surface area contributed by atoms with Crippen LogP contribution >= 0.6 is 27.5 Å². The number of sulfone groups is 1. The molecule has 8 heteroatoms. The number of anilines is 1. The number of oxazole rings is 1. The van der Waals surface area contributed by atoms with E-state index in [4.69, 9.17) is 16.0 Å². The molecule has 158 valence electrons. The molecule has 0 radical (unpaired) electrons. The van der Waals surface area contributed by atoms with E-state index in [1.807, 2.05) is 30.3 Å². The SMILES string of the molecule is O=S(=O)(c1ccc(Br)cc1)c1nc(-c2ccccc2Cl)oc1NCCc1ccccc1. The molecule has 0 amide bonds. The number of rotatable bonds is 7. The van der Waals surface area contributed by atoms with Gasteiger partial charge in [0.1, 0.15) is 0 Å². The van der Waals surface area contributed by atoms with Crippen molar-refractivity contribution in [3.8, 4) is 11.5 Å². The largest absolute Gasteiger partial charge is 0.419 e. The number of halogens is 2. The van der Waals surface area contributed by atoms with Gasteiger partial charge in [0, 0.05) is 11.0 Å². The van der Waals surface area contributed by atoms with E-state index in [-0.39, 0.29) is 21.7 Å². The summed E-state index contributed by atoms with van der Waals surface area (Å²) in [4.78, 5) is 4.45. The molecule has 31 heavy (non-hydrogen) atoms. The van der Waals surface area contributed by atoms with E-state index >= 15 is 0 Å². The van der Waals surface area contributed by atoms with Crippen molar-refractivity contribution in [3.05, 3.63) is 93.9 Å². The maximum Gasteiger partial charge on any atom is 0.233 e. The number of nitrogens with zero attached hydrogens (tertiary/aromatic N) is 1. The molecule has 4 rings (SSSR count). The summed E-state index contributed by atoms with van der Waals surface area (Å²) in [5.74, 6) is 0.234. The molecule has 1 aromatic heterocycles. The average molecular weight is 518 g/mol. The van der Waals surface area contributed by atoms with Crippen molar-refractivity contribution in [2.24, 2.45) is 0 Å². The minimum absolute atomic E-state index is 0.0915. The molecule has 0 bridgehead atoms. The summed E-state index contributed by atoms with van der Waals surface area (Å²) in [5, 5.41) is 3.35. The van der Waals surface area contributed by atoms with E-state index < -0.39 is 9.84 Å². The fraction of sp³-hybridized carbons (Fsp3) is 0.0870. The number of hydrogen-bond donors (Lipinski definition) is 1. The maximum atomic E-state index is 13.3. The van der Waals surface area contributed by atoms with Crippen LogP contribution < -0.4 is 5.32 Å². The van der Waals surface area contributed by atoms with Crippen LogP contribution in [-0.2, 0) is 16.3 Å². The van der Waals surface area contributed by atoms with Gasteiger partial charge in [0.05, 0.1) is 15.5 Å². The van der Waals surface area contributed by atoms with E-state index in [1.165, 1.54) is 12.1 Å². The van der Waals surface area contributed by atoms with Crippen molar-refractivity contribution in [1.82, 2.24) is 4.98 Å². The van der Waals surface area contributed by atoms with E-state index in [0.717, 1.165) is 10.0 Å². The molecule has 0 spiro atoms. The van der Waals surface area contributed by atoms with Gasteiger partial charge < -0.3 is 9.73 Å². The molecule has 1 N–H and O–H groups in total. The Balaban J connectivity index is 1.71. The lowest BCUT2D eigenvalue weighted by molar-refractivity contribution is 0.577. The lowest BCUT2D eigenvalue weighted by Crippen LogP contribution is -2.09. The third kappa shape index (κ3) is 4.84. The Morgan fingerprint density at radius 3 is 2.32 bits per heavy atom. The zero-order chi connectivity index (χ0) is 21.8. The third-order valence-corrected chi connectivity index (χ3v) is 7.16. The van der Waals surface area contributed by atoms with Crippen LogP contribution in [0, 0.1) is 0 Å². The predicted octanol–water partition coefficient (Wildman–Crippen LogP) is 6.24. The van der Waals surface area contributed by atoms with Crippen LogP contribution in [-0.4, -0.2) is 19.9 Å². The molecular weight excluding hydrogens is 500 g/mol. The minimum Gasteiger partial charge on any atom is -0.419 e. The van der Waals surface area contributed by atoms with Gasteiger partial charge in [-0.2, -0.15) is 4.98 Å². The van der Waals surface area contributed by atoms with E-state index in [0.29, 0.717) is 23.6 Å². The Morgan fingerprint density at radius 1 is 0.935 bits per heavy atom. The number of benzene rings is 3. The lowest BCUT2D eigenvalue weighted by atomic mass is 10.1. The Morgan fingerprint density at radius 2 is 1.61 bits per heavy atom. The molecule has 0 saturated carbocycles. The van der Waals surface area contributed by atoms with Gasteiger partial charge in [0.15, 0.2) is 0 Å². The first-order valence-corrected chi connectivity index (χ1v) is 12.1. The molecule has 0 aliphatic carbocycles. The minimum atomic E-state index is -3.91. The lowest BCUT2D eigenvalue weighted by Gasteiger charge is -2.06. The molecule has 4 aromatic rings. The molecule has 1 heterocycles. The van der Waals surface area contributed by atoms with Crippen LogP contribution in [0.2, 0.25) is 5.02 Å². The molecular formula is C23H18BrClN2O3S. The first-order chi connectivity index (χ1) is 14.9. The highest BCUT2D eigenvalue weighted by Gasteiger charge is 2.29. The topological polar surface area (TPSA) is 72.2 Å². The molecule has 0 saturated heterocycles. The second kappa shape index (κ2) is 9.26. The molecule has 0 atom stereocenters. The van der Waals surface area contributed by atoms with Crippen LogP contribution in [0.25, 0.3) is 11.5 Å². The number of hydrogen-bond acceptors (Lipinski definition) is 5. The van der Waals surface area contributed by atoms with Gasteiger partial charge in [-0.05, 0) is 48.4 Å². The monoisotopic (exact) mass is 516 g/mol. The normalized spacial score (nSPS) is 11.4. The van der Waals surface area contributed by atoms with E-state index in [9.17, 15) is 8.42 Å². The second-order valence-electron chi connectivity index (χ2n) is 6.75. The summed E-state index contributed by atoms with van der Waals surface area (Å²) in [5.41, 5.74) is 1.64. The average Bonchev–Trinajstić information content (AvgIpc) is 3.20. The molecule has 0 fully saturated rings. The van der Waals surface area contributed by atoms with Gasteiger partial charge in [-0.1, -0.05) is 70.0 Å². The Labute approximate surface area is 194 Å². The maximum absolute atomic E-state index is 13.3. The Bertz CT molecular complexity index is 1290. The van der Waals surface area contributed by atoms with E-state index in [1.54, 1.807) is 36.4 Å². The summed E-state index contributed by atoms with van der Waals surface area (Å²) in [7, 11) is -3.91. The molecule has 3 aromatic carbocycles. The Kier molecular flexibility index (Phi) is 6.46. The van der Waals surface area contributed by atoms with Crippen LogP contribution in [0.4, 0.5) is 5.88 Å². The fourth-order valence-corrected chi connectivity index (χ4v) is 4.80. The Hall–Kier alpha value is -2.61. The van der Waals surface area contributed by atoms with Crippen molar-refractivity contribution in [3.63, 3.8) is 0 Å². The predicted molar refractivity (Wildman–Crippen MR) is 125 cm³/mol. The highest BCUT2D eigenvalue weighted by molar-refractivity contribution is 9.10. The van der Waals surface area contributed by atoms with Gasteiger partial charge in [0.2, 0.25) is 26.6 Å². The van der Waals surface area contributed by atoms with Crippen LogP contribution in [0.1, 0.15) is 5.56 Å². The first-order valence-electron chi connectivity index (χ1n) is 9.49. The van der Waals surface area contributed by atoms with Crippen molar-refractivity contribution >= 4 is 43.3 Å². The zero-order valence-electron chi connectivity index (χ0n) is 16.3. The van der Waals surface area contributed by atoms with Gasteiger partial charge in [0.25, 0.3) is 0 Å². The number of aromatic nitrogens is 1. The standard InChI is InChI=1S/C23H18BrClN2O3S/c24-17-10-12-18(13-11-17)31(28,29)23-22(26-15-14-16-6-2-1-3-7-16)30-21(27-23)19-8-4-5-9-20(19)25/h1-13,26H,14-15H2. The highest BCUT2D eigenvalue weighted by atomic mass is 79.9. The van der Waals surface area contributed by atoms with Crippen molar-refractivity contribution in [2.75, 3.05) is 11.9 Å². The first kappa shape index (κ1) is 21.6. The summed E-state index contributed by atoms with van der Waals surface area (Å²) in [6.07, 6.45) is 0.695.